The van der Waals surface area contributed by atoms with Crippen LogP contribution in [0.25, 0.3) is 11.3 Å². The van der Waals surface area contributed by atoms with Crippen molar-refractivity contribution in [3.63, 3.8) is 0 Å². The molecule has 0 saturated heterocycles. The number of hydrogen-bond donors (Lipinski definition) is 0. The monoisotopic (exact) mass is 446 g/mol. The Balaban J connectivity index is 1.44. The zero-order chi connectivity index (χ0) is 22.6. The summed E-state index contributed by atoms with van der Waals surface area (Å²) in [5.41, 5.74) is 0.382. The van der Waals surface area contributed by atoms with Crippen LogP contribution in [0.5, 0.6) is 11.6 Å². The molecule has 1 saturated carbocycles. The number of pyridine rings is 1. The molecule has 3 aromatic rings. The number of carbonyl (C=O) groups is 1. The van der Waals surface area contributed by atoms with Crippen LogP contribution in [0.2, 0.25) is 0 Å². The fourth-order valence-electron chi connectivity index (χ4n) is 3.83. The Bertz CT molecular complexity index is 1210. The average Bonchev–Trinajstić information content (AvgIpc) is 3.45. The highest BCUT2D eigenvalue weighted by molar-refractivity contribution is 5.94. The van der Waals surface area contributed by atoms with Gasteiger partial charge in [0.25, 0.3) is 12.3 Å². The molecule has 3 heterocycles. The summed E-state index contributed by atoms with van der Waals surface area (Å²) in [5, 5.41) is 0. The molecule has 0 atom stereocenters. The van der Waals surface area contributed by atoms with Gasteiger partial charge in [0.1, 0.15) is 5.82 Å². The molecule has 0 unspecified atom stereocenters. The van der Waals surface area contributed by atoms with E-state index in [4.69, 9.17) is 4.74 Å². The number of amides is 1. The van der Waals surface area contributed by atoms with Gasteiger partial charge < -0.3 is 14.2 Å². The van der Waals surface area contributed by atoms with Crippen LogP contribution in [0.1, 0.15) is 41.1 Å². The van der Waals surface area contributed by atoms with Crippen molar-refractivity contribution in [2.24, 2.45) is 5.92 Å². The lowest BCUT2D eigenvalue weighted by Gasteiger charge is -2.16. The van der Waals surface area contributed by atoms with Gasteiger partial charge >= 0.3 is 0 Å². The molecule has 166 valence electrons. The van der Waals surface area contributed by atoms with E-state index in [-0.39, 0.29) is 35.4 Å². The first-order chi connectivity index (χ1) is 15.3. The maximum Gasteiger partial charge on any atom is 0.291 e. The predicted molar refractivity (Wildman–Crippen MR) is 105 cm³/mol. The third kappa shape index (κ3) is 3.59. The standard InChI is InChI=1S/C22H18F4N4O2/c1-11-19(30-10-29(9-12-2-3-12)22(31)21(30)28-11)14-6-16(24)17(7-15(14)23)32-18-5-4-13(8-27-18)20(25)26/h4-8,12,20H,2-3,9-10H2,1H3. The molecule has 1 aliphatic heterocycles. The number of carbonyl (C=O) groups excluding carboxylic acids is 1. The second kappa shape index (κ2) is 7.61. The second-order valence-electron chi connectivity index (χ2n) is 8.00. The second-order valence-corrected chi connectivity index (χ2v) is 8.00. The van der Waals surface area contributed by atoms with Crippen LogP contribution < -0.4 is 4.74 Å². The largest absolute Gasteiger partial charge is 0.436 e. The number of aromatic nitrogens is 3. The highest BCUT2D eigenvalue weighted by Gasteiger charge is 2.36. The molecule has 6 nitrogen and oxygen atoms in total. The van der Waals surface area contributed by atoms with E-state index in [1.165, 1.54) is 0 Å². The first-order valence-electron chi connectivity index (χ1n) is 10.1. The number of imidazole rings is 1. The highest BCUT2D eigenvalue weighted by atomic mass is 19.3. The Hall–Kier alpha value is -3.43. The molecule has 2 aromatic heterocycles. The van der Waals surface area contributed by atoms with Crippen molar-refractivity contribution in [2.45, 2.75) is 32.9 Å². The van der Waals surface area contributed by atoms with E-state index in [1.807, 2.05) is 0 Å². The van der Waals surface area contributed by atoms with Crippen LogP contribution in [0.3, 0.4) is 0 Å². The van der Waals surface area contributed by atoms with Crippen molar-refractivity contribution < 1.29 is 27.1 Å². The number of aryl methyl sites for hydroxylation is 1. The minimum Gasteiger partial charge on any atom is -0.436 e. The summed E-state index contributed by atoms with van der Waals surface area (Å²) in [4.78, 5) is 22.3. The fraction of sp³-hybridized carbons (Fsp3) is 0.318. The number of nitrogens with zero attached hydrogens (tertiary/aromatic N) is 4. The third-order valence-electron chi connectivity index (χ3n) is 5.61. The summed E-state index contributed by atoms with van der Waals surface area (Å²) in [5.74, 6) is -1.74. The maximum absolute atomic E-state index is 15.0. The van der Waals surface area contributed by atoms with Gasteiger partial charge in [-0.05, 0) is 37.8 Å². The van der Waals surface area contributed by atoms with E-state index < -0.39 is 23.8 Å². The average molecular weight is 446 g/mol. The maximum atomic E-state index is 15.0. The molecule has 1 aromatic carbocycles. The number of alkyl halides is 2. The summed E-state index contributed by atoms with van der Waals surface area (Å²) < 4.78 is 61.9. The Labute approximate surface area is 180 Å². The highest BCUT2D eigenvalue weighted by Crippen LogP contribution is 2.37. The summed E-state index contributed by atoms with van der Waals surface area (Å²) in [6, 6.07) is 4.09. The Kier molecular flexibility index (Phi) is 4.87. The van der Waals surface area contributed by atoms with Gasteiger partial charge in [-0.15, -0.1) is 0 Å². The molecule has 1 fully saturated rings. The number of rotatable bonds is 6. The van der Waals surface area contributed by atoms with Crippen LogP contribution in [-0.2, 0) is 6.67 Å². The van der Waals surface area contributed by atoms with E-state index in [2.05, 4.69) is 9.97 Å². The first-order valence-corrected chi connectivity index (χ1v) is 10.1. The SMILES string of the molecule is Cc1nc2n(c1-c1cc(F)c(Oc3ccc(C(F)F)cn3)cc1F)CN(CC1CC1)C2=O. The van der Waals surface area contributed by atoms with E-state index in [1.54, 1.807) is 16.4 Å². The lowest BCUT2D eigenvalue weighted by molar-refractivity contribution is 0.0758. The fourth-order valence-corrected chi connectivity index (χ4v) is 3.83. The Morgan fingerprint density at radius 3 is 2.62 bits per heavy atom. The molecule has 5 rings (SSSR count). The quantitative estimate of drug-likeness (QED) is 0.495. The van der Waals surface area contributed by atoms with Gasteiger partial charge in [-0.2, -0.15) is 0 Å². The summed E-state index contributed by atoms with van der Waals surface area (Å²) in [6.07, 6.45) is 0.377. The smallest absolute Gasteiger partial charge is 0.291 e. The van der Waals surface area contributed by atoms with Crippen molar-refractivity contribution in [2.75, 3.05) is 6.54 Å². The van der Waals surface area contributed by atoms with Crippen molar-refractivity contribution in [3.05, 3.63) is 59.2 Å². The lowest BCUT2D eigenvalue weighted by atomic mass is 10.1. The molecule has 0 bridgehead atoms. The van der Waals surface area contributed by atoms with Crippen molar-refractivity contribution in [3.8, 4) is 22.9 Å². The van der Waals surface area contributed by atoms with Gasteiger partial charge in [-0.3, -0.25) is 4.79 Å². The zero-order valence-electron chi connectivity index (χ0n) is 17.0. The molecule has 1 amide bonds. The summed E-state index contributed by atoms with van der Waals surface area (Å²) in [7, 11) is 0. The molecule has 2 aliphatic rings. The molecule has 0 spiro atoms. The van der Waals surface area contributed by atoms with Crippen molar-refractivity contribution in [1.82, 2.24) is 19.4 Å². The van der Waals surface area contributed by atoms with Crippen LogP contribution in [0, 0.1) is 24.5 Å². The number of benzene rings is 1. The predicted octanol–water partition coefficient (Wildman–Crippen LogP) is 5.08. The number of halogens is 4. The lowest BCUT2D eigenvalue weighted by Crippen LogP contribution is -2.27. The van der Waals surface area contributed by atoms with Gasteiger partial charge in [-0.25, -0.2) is 27.5 Å². The van der Waals surface area contributed by atoms with Crippen molar-refractivity contribution in [1.29, 1.82) is 0 Å². The molecular formula is C22H18F4N4O2. The number of ether oxygens (including phenoxy) is 1. The van der Waals surface area contributed by atoms with Gasteiger partial charge in [0, 0.05) is 36.0 Å². The van der Waals surface area contributed by atoms with Gasteiger partial charge in [0.2, 0.25) is 11.7 Å². The molecule has 0 N–H and O–H groups in total. The minimum absolute atomic E-state index is 0.0480. The summed E-state index contributed by atoms with van der Waals surface area (Å²) >= 11 is 0. The van der Waals surface area contributed by atoms with E-state index in [9.17, 15) is 18.0 Å². The van der Waals surface area contributed by atoms with Gasteiger partial charge in [-0.1, -0.05) is 0 Å². The normalized spacial score (nSPS) is 15.6. The Morgan fingerprint density at radius 2 is 1.97 bits per heavy atom. The molecule has 0 radical (unpaired) electrons. The zero-order valence-corrected chi connectivity index (χ0v) is 17.0. The molecule has 32 heavy (non-hydrogen) atoms. The first kappa shape index (κ1) is 20.5. The van der Waals surface area contributed by atoms with Gasteiger partial charge in [0.15, 0.2) is 11.6 Å². The molecule has 1 aliphatic carbocycles. The van der Waals surface area contributed by atoms with Gasteiger partial charge in [0.05, 0.1) is 18.1 Å². The van der Waals surface area contributed by atoms with Crippen LogP contribution in [-0.4, -0.2) is 31.9 Å². The minimum atomic E-state index is -2.70. The van der Waals surface area contributed by atoms with Crippen LogP contribution >= 0.6 is 0 Å². The number of hydrogen-bond acceptors (Lipinski definition) is 4. The topological polar surface area (TPSA) is 60.2 Å². The molecule has 10 heteroatoms. The van der Waals surface area contributed by atoms with Crippen LogP contribution in [0.15, 0.2) is 30.5 Å². The summed E-state index contributed by atoms with van der Waals surface area (Å²) in [6.45, 7) is 2.50. The third-order valence-corrected chi connectivity index (χ3v) is 5.61. The van der Waals surface area contributed by atoms with Crippen LogP contribution in [0.4, 0.5) is 17.6 Å². The van der Waals surface area contributed by atoms with E-state index >= 15 is 4.39 Å². The Morgan fingerprint density at radius 1 is 1.19 bits per heavy atom. The van der Waals surface area contributed by atoms with Crippen molar-refractivity contribution >= 4 is 5.91 Å². The van der Waals surface area contributed by atoms with E-state index in [0.29, 0.717) is 23.9 Å². The number of fused-ring (bicyclic) bond motifs is 1. The molecular weight excluding hydrogens is 428 g/mol. The van der Waals surface area contributed by atoms with E-state index in [0.717, 1.165) is 43.3 Å².